The van der Waals surface area contributed by atoms with E-state index in [0.717, 1.165) is 28.7 Å². The van der Waals surface area contributed by atoms with Crippen molar-refractivity contribution < 1.29 is 9.47 Å². The van der Waals surface area contributed by atoms with Gasteiger partial charge >= 0.3 is 0 Å². The third-order valence-corrected chi connectivity index (χ3v) is 9.63. The minimum absolute atomic E-state index is 0.115. The van der Waals surface area contributed by atoms with Crippen molar-refractivity contribution in [2.24, 2.45) is 10.8 Å². The van der Waals surface area contributed by atoms with Crippen LogP contribution in [0.4, 0.5) is 0 Å². The highest BCUT2D eigenvalue weighted by atomic mass is 16.5. The number of hydrogen-bond donors (Lipinski definition) is 0. The van der Waals surface area contributed by atoms with E-state index in [1.165, 1.54) is 49.7 Å². The number of aryl methyl sites for hydroxylation is 4. The molecule has 4 aliphatic carbocycles. The number of ether oxygens (including phenoxy) is 2. The van der Waals surface area contributed by atoms with Crippen LogP contribution in [-0.4, -0.2) is 0 Å². The van der Waals surface area contributed by atoms with Crippen molar-refractivity contribution in [2.75, 3.05) is 0 Å². The molecule has 0 spiro atoms. The average Bonchev–Trinajstić information content (AvgIpc) is 2.77. The highest BCUT2D eigenvalue weighted by Gasteiger charge is 2.67. The molecule has 0 radical (unpaired) electrons. The molecule has 0 saturated heterocycles. The van der Waals surface area contributed by atoms with Gasteiger partial charge in [0.2, 0.25) is 0 Å². The number of rotatable bonds is 5. The van der Waals surface area contributed by atoms with Crippen molar-refractivity contribution in [3.63, 3.8) is 0 Å². The zero-order chi connectivity index (χ0) is 25.2. The van der Waals surface area contributed by atoms with Gasteiger partial charge in [-0.2, -0.15) is 0 Å². The molecule has 4 fully saturated rings. The summed E-state index contributed by atoms with van der Waals surface area (Å²) < 4.78 is 10.6. The maximum Gasteiger partial charge on any atom is 0.292 e. The summed E-state index contributed by atoms with van der Waals surface area (Å²) in [6.45, 7) is 13.2. The van der Waals surface area contributed by atoms with Gasteiger partial charge in [-0.05, 0) is 121 Å². The minimum Gasteiger partial charge on any atom is -0.387 e. The SMILES string of the molecule is CCC12CC3(C)CC(c4cc(C)c(OC#N)c(C)c4)(C1)CC(c1cc(C)c(OC#N)c(C)c1)(C3)C2. The van der Waals surface area contributed by atoms with Gasteiger partial charge in [-0.15, -0.1) is 10.5 Å². The molecule has 4 saturated carbocycles. The summed E-state index contributed by atoms with van der Waals surface area (Å²) in [4.78, 5) is 0. The van der Waals surface area contributed by atoms with Crippen molar-refractivity contribution in [3.8, 4) is 24.0 Å². The van der Waals surface area contributed by atoms with Gasteiger partial charge in [-0.25, -0.2) is 0 Å². The molecule has 0 amide bonds. The predicted octanol–water partition coefficient (Wildman–Crippen LogP) is 7.60. The van der Waals surface area contributed by atoms with E-state index in [1.54, 1.807) is 0 Å². The number of hydrogen-bond acceptors (Lipinski definition) is 4. The number of benzene rings is 2. The van der Waals surface area contributed by atoms with Crippen LogP contribution in [0.25, 0.3) is 0 Å². The van der Waals surface area contributed by atoms with Crippen LogP contribution < -0.4 is 9.47 Å². The molecular formula is C31H36N2O2. The molecule has 0 aliphatic heterocycles. The molecule has 6 rings (SSSR count). The molecule has 4 bridgehead atoms. The van der Waals surface area contributed by atoms with E-state index in [0.29, 0.717) is 16.9 Å². The zero-order valence-electron chi connectivity index (χ0n) is 22.0. The fourth-order valence-corrected chi connectivity index (χ4v) is 9.29. The van der Waals surface area contributed by atoms with Gasteiger partial charge in [-0.1, -0.05) is 44.5 Å². The van der Waals surface area contributed by atoms with Crippen LogP contribution in [0.1, 0.15) is 92.2 Å². The van der Waals surface area contributed by atoms with E-state index in [1.807, 2.05) is 12.5 Å². The molecular weight excluding hydrogens is 432 g/mol. The molecule has 2 unspecified atom stereocenters. The second kappa shape index (κ2) is 7.76. The Bertz CT molecular complexity index is 1160. The fourth-order valence-electron chi connectivity index (χ4n) is 9.29. The first-order valence-electron chi connectivity index (χ1n) is 12.9. The standard InChI is InChI=1S/C31H36N2O2/c1-7-29-12-28(6)13-30(15-29,24-8-20(2)26(34-18-32)21(3)9-24)17-31(14-28,16-29)25-10-22(4)27(35-19-33)23(5)11-25/h8-11H,7,12-17H2,1-6H3. The molecule has 2 aromatic carbocycles. The predicted molar refractivity (Wildman–Crippen MR) is 136 cm³/mol. The third kappa shape index (κ3) is 3.53. The van der Waals surface area contributed by atoms with Crippen LogP contribution in [0, 0.1) is 61.6 Å². The highest BCUT2D eigenvalue weighted by Crippen LogP contribution is 2.75. The number of nitriles is 2. The molecule has 2 aromatic rings. The van der Waals surface area contributed by atoms with Crippen molar-refractivity contribution in [3.05, 3.63) is 57.6 Å². The second-order valence-electron chi connectivity index (χ2n) is 12.6. The summed E-state index contributed by atoms with van der Waals surface area (Å²) in [5.41, 5.74) is 7.88. The van der Waals surface area contributed by atoms with Gasteiger partial charge in [-0.3, -0.25) is 0 Å². The lowest BCUT2D eigenvalue weighted by atomic mass is 9.33. The van der Waals surface area contributed by atoms with Crippen molar-refractivity contribution >= 4 is 0 Å². The molecule has 4 heteroatoms. The van der Waals surface area contributed by atoms with Gasteiger partial charge in [0.1, 0.15) is 11.5 Å². The summed E-state index contributed by atoms with van der Waals surface area (Å²) in [6, 6.07) is 9.20. The van der Waals surface area contributed by atoms with Crippen molar-refractivity contribution in [1.29, 1.82) is 10.5 Å². The lowest BCUT2D eigenvalue weighted by Gasteiger charge is -2.71. The monoisotopic (exact) mass is 468 g/mol. The Labute approximate surface area is 209 Å². The van der Waals surface area contributed by atoms with Crippen LogP contribution in [-0.2, 0) is 10.8 Å². The van der Waals surface area contributed by atoms with E-state index in [2.05, 4.69) is 65.8 Å². The Morgan fingerprint density at radius 1 is 0.686 bits per heavy atom. The number of nitrogens with zero attached hydrogens (tertiary/aromatic N) is 2. The fraction of sp³-hybridized carbons (Fsp3) is 0.548. The third-order valence-electron chi connectivity index (χ3n) is 9.63. The van der Waals surface area contributed by atoms with Crippen LogP contribution >= 0.6 is 0 Å². The molecule has 182 valence electrons. The van der Waals surface area contributed by atoms with E-state index in [4.69, 9.17) is 20.0 Å². The van der Waals surface area contributed by atoms with Gasteiger partial charge in [0, 0.05) is 0 Å². The Morgan fingerprint density at radius 3 is 1.43 bits per heavy atom. The summed E-state index contributed by atoms with van der Waals surface area (Å²) in [5.74, 6) is 1.40. The van der Waals surface area contributed by atoms with Crippen LogP contribution in [0.15, 0.2) is 24.3 Å². The van der Waals surface area contributed by atoms with Crippen LogP contribution in [0.3, 0.4) is 0 Å². The van der Waals surface area contributed by atoms with E-state index < -0.39 is 0 Å². The summed E-state index contributed by atoms with van der Waals surface area (Å²) in [7, 11) is 0. The first-order valence-corrected chi connectivity index (χ1v) is 12.9. The van der Waals surface area contributed by atoms with E-state index in [9.17, 15) is 0 Å². The Hall–Kier alpha value is -2.98. The zero-order valence-corrected chi connectivity index (χ0v) is 22.0. The Balaban J connectivity index is 1.68. The maximum absolute atomic E-state index is 9.13. The second-order valence-corrected chi connectivity index (χ2v) is 12.6. The smallest absolute Gasteiger partial charge is 0.292 e. The van der Waals surface area contributed by atoms with Crippen molar-refractivity contribution in [1.82, 2.24) is 0 Å². The van der Waals surface area contributed by atoms with E-state index >= 15 is 0 Å². The summed E-state index contributed by atoms with van der Waals surface area (Å²) in [6.07, 6.45) is 12.3. The highest BCUT2D eigenvalue weighted by molar-refractivity contribution is 5.51. The normalized spacial score (nSPS) is 32.7. The van der Waals surface area contributed by atoms with Gasteiger partial charge in [0.25, 0.3) is 12.5 Å². The first-order chi connectivity index (χ1) is 16.5. The average molecular weight is 469 g/mol. The molecule has 35 heavy (non-hydrogen) atoms. The summed E-state index contributed by atoms with van der Waals surface area (Å²) in [5, 5.41) is 18.3. The van der Waals surface area contributed by atoms with Crippen molar-refractivity contribution in [2.45, 2.75) is 97.3 Å². The molecule has 0 aromatic heterocycles. The lowest BCUT2D eigenvalue weighted by Crippen LogP contribution is -2.63. The molecule has 4 nitrogen and oxygen atoms in total. The lowest BCUT2D eigenvalue weighted by molar-refractivity contribution is -0.136. The molecule has 0 heterocycles. The topological polar surface area (TPSA) is 66.0 Å². The minimum atomic E-state index is 0.115. The van der Waals surface area contributed by atoms with Crippen LogP contribution in [0.2, 0.25) is 0 Å². The molecule has 0 N–H and O–H groups in total. The largest absolute Gasteiger partial charge is 0.387 e. The summed E-state index contributed by atoms with van der Waals surface area (Å²) >= 11 is 0. The van der Waals surface area contributed by atoms with Crippen LogP contribution in [0.5, 0.6) is 11.5 Å². The van der Waals surface area contributed by atoms with E-state index in [-0.39, 0.29) is 16.2 Å². The Morgan fingerprint density at radius 2 is 1.09 bits per heavy atom. The maximum atomic E-state index is 9.13. The molecule has 2 atom stereocenters. The quantitative estimate of drug-likeness (QED) is 0.424. The molecule has 4 aliphatic rings. The van der Waals surface area contributed by atoms with Gasteiger partial charge < -0.3 is 9.47 Å². The van der Waals surface area contributed by atoms with Gasteiger partial charge in [0.15, 0.2) is 0 Å². The van der Waals surface area contributed by atoms with Gasteiger partial charge in [0.05, 0.1) is 0 Å². The first kappa shape index (κ1) is 23.7. The Kier molecular flexibility index (Phi) is 5.27.